The van der Waals surface area contributed by atoms with E-state index in [9.17, 15) is 14.7 Å². The molecular formula is C26H23NO5. The lowest BCUT2D eigenvalue weighted by Gasteiger charge is -2.11. The minimum absolute atomic E-state index is 0.106. The molecule has 1 aliphatic rings. The normalized spacial score (nSPS) is 12.9. The van der Waals surface area contributed by atoms with Crippen LogP contribution in [0.3, 0.4) is 0 Å². The molecule has 1 N–H and O–H groups in total. The maximum absolute atomic E-state index is 11.9. The summed E-state index contributed by atoms with van der Waals surface area (Å²) >= 11 is 0. The summed E-state index contributed by atoms with van der Waals surface area (Å²) in [5.41, 5.74) is 3.52. The van der Waals surface area contributed by atoms with Crippen molar-refractivity contribution < 1.29 is 24.2 Å². The molecule has 0 atom stereocenters. The van der Waals surface area contributed by atoms with Crippen LogP contribution in [0.15, 0.2) is 60.7 Å². The summed E-state index contributed by atoms with van der Waals surface area (Å²) in [5.74, 6) is 0.779. The van der Waals surface area contributed by atoms with Gasteiger partial charge in [0.15, 0.2) is 5.78 Å². The van der Waals surface area contributed by atoms with Crippen LogP contribution in [0.5, 0.6) is 11.5 Å². The van der Waals surface area contributed by atoms with Gasteiger partial charge in [0.05, 0.1) is 18.7 Å². The van der Waals surface area contributed by atoms with Crippen molar-refractivity contribution in [2.75, 3.05) is 13.2 Å². The topological polar surface area (TPSA) is 77.8 Å². The predicted molar refractivity (Wildman–Crippen MR) is 122 cm³/mol. The Kier molecular flexibility index (Phi) is 5.27. The van der Waals surface area contributed by atoms with Crippen LogP contribution < -0.4 is 9.47 Å². The first-order valence-corrected chi connectivity index (χ1v) is 10.8. The zero-order chi connectivity index (χ0) is 22.1. The van der Waals surface area contributed by atoms with Crippen LogP contribution in [0.1, 0.15) is 28.8 Å². The summed E-state index contributed by atoms with van der Waals surface area (Å²) in [6, 6.07) is 19.2. The molecule has 0 saturated heterocycles. The lowest BCUT2D eigenvalue weighted by atomic mass is 10.1. The number of Topliss-reactive ketones (excluding diaryl/α,β-unsaturated/α-hetero) is 1. The van der Waals surface area contributed by atoms with Crippen LogP contribution in [-0.4, -0.2) is 34.6 Å². The number of carboxylic acid groups (broad SMARTS) is 1. The molecule has 0 amide bonds. The van der Waals surface area contributed by atoms with E-state index in [0.29, 0.717) is 31.8 Å². The highest BCUT2D eigenvalue weighted by Gasteiger charge is 2.22. The molecule has 32 heavy (non-hydrogen) atoms. The number of hydrogen-bond acceptors (Lipinski definition) is 4. The van der Waals surface area contributed by atoms with Crippen molar-refractivity contribution in [3.8, 4) is 11.5 Å². The highest BCUT2D eigenvalue weighted by atomic mass is 16.5. The molecular weight excluding hydrogens is 406 g/mol. The van der Waals surface area contributed by atoms with E-state index in [1.807, 2.05) is 60.7 Å². The minimum atomic E-state index is -0.884. The Hall–Kier alpha value is -3.80. The highest BCUT2D eigenvalue weighted by Crippen LogP contribution is 2.32. The number of ether oxygens (including phenoxy) is 2. The van der Waals surface area contributed by atoms with E-state index in [0.717, 1.165) is 45.1 Å². The fourth-order valence-electron chi connectivity index (χ4n) is 4.45. The van der Waals surface area contributed by atoms with E-state index in [1.165, 1.54) is 0 Å². The molecule has 162 valence electrons. The maximum Gasteiger partial charge on any atom is 0.323 e. The van der Waals surface area contributed by atoms with E-state index in [-0.39, 0.29) is 12.3 Å². The molecule has 1 heterocycles. The molecule has 6 heteroatoms. The zero-order valence-electron chi connectivity index (χ0n) is 17.5. The fourth-order valence-corrected chi connectivity index (χ4v) is 4.45. The van der Waals surface area contributed by atoms with Crippen LogP contribution in [0.4, 0.5) is 0 Å². The largest absolute Gasteiger partial charge is 0.493 e. The van der Waals surface area contributed by atoms with Crippen LogP contribution in [0.2, 0.25) is 0 Å². The smallest absolute Gasteiger partial charge is 0.323 e. The van der Waals surface area contributed by atoms with E-state index < -0.39 is 5.97 Å². The Morgan fingerprint density at radius 3 is 2.59 bits per heavy atom. The summed E-state index contributed by atoms with van der Waals surface area (Å²) in [7, 11) is 0. The molecule has 0 spiro atoms. The molecule has 1 aromatic heterocycles. The van der Waals surface area contributed by atoms with E-state index in [1.54, 1.807) is 4.57 Å². The Morgan fingerprint density at radius 1 is 0.906 bits per heavy atom. The SMILES string of the molecule is O=C(O)Cn1c2ccccc2c2ccc(OCCCOc3cccc4c3CCC4=O)cc21. The molecule has 5 rings (SSSR count). The fraction of sp³-hybridized carbons (Fsp3) is 0.231. The summed E-state index contributed by atoms with van der Waals surface area (Å²) < 4.78 is 13.6. The first kappa shape index (κ1) is 20.1. The van der Waals surface area contributed by atoms with Gasteiger partial charge in [-0.05, 0) is 30.7 Å². The molecule has 3 aromatic carbocycles. The van der Waals surface area contributed by atoms with Crippen LogP contribution in [0, 0.1) is 0 Å². The van der Waals surface area contributed by atoms with Gasteiger partial charge in [-0.2, -0.15) is 0 Å². The number of aromatic nitrogens is 1. The van der Waals surface area contributed by atoms with Crippen molar-refractivity contribution in [3.05, 3.63) is 71.8 Å². The molecule has 0 saturated carbocycles. The van der Waals surface area contributed by atoms with Crippen LogP contribution >= 0.6 is 0 Å². The van der Waals surface area contributed by atoms with Crippen molar-refractivity contribution in [1.82, 2.24) is 4.57 Å². The van der Waals surface area contributed by atoms with Gasteiger partial charge >= 0.3 is 5.97 Å². The zero-order valence-corrected chi connectivity index (χ0v) is 17.5. The van der Waals surface area contributed by atoms with E-state index in [2.05, 4.69) is 0 Å². The van der Waals surface area contributed by atoms with Crippen molar-refractivity contribution >= 4 is 33.6 Å². The quantitative estimate of drug-likeness (QED) is 0.405. The van der Waals surface area contributed by atoms with Gasteiger partial charge in [0.2, 0.25) is 0 Å². The van der Waals surface area contributed by atoms with Gasteiger partial charge in [0.1, 0.15) is 18.0 Å². The molecule has 1 aliphatic carbocycles. The highest BCUT2D eigenvalue weighted by molar-refractivity contribution is 6.08. The number of nitrogens with zero attached hydrogens (tertiary/aromatic N) is 1. The second kappa shape index (κ2) is 8.38. The number of ketones is 1. The number of hydrogen-bond donors (Lipinski definition) is 1. The Labute approximate surface area is 185 Å². The second-order valence-corrected chi connectivity index (χ2v) is 7.93. The number of carbonyl (C=O) groups is 2. The maximum atomic E-state index is 11.9. The minimum Gasteiger partial charge on any atom is -0.493 e. The summed E-state index contributed by atoms with van der Waals surface area (Å²) in [4.78, 5) is 23.3. The number of aliphatic carboxylic acids is 1. The third-order valence-corrected chi connectivity index (χ3v) is 5.89. The lowest BCUT2D eigenvalue weighted by Crippen LogP contribution is -2.08. The molecule has 4 aromatic rings. The van der Waals surface area contributed by atoms with E-state index >= 15 is 0 Å². The molecule has 0 unspecified atom stereocenters. The average molecular weight is 429 g/mol. The number of benzene rings is 3. The molecule has 0 radical (unpaired) electrons. The number of carboxylic acids is 1. The van der Waals surface area contributed by atoms with Gasteiger partial charge in [0, 0.05) is 46.3 Å². The first-order valence-electron chi connectivity index (χ1n) is 10.8. The molecule has 0 aliphatic heterocycles. The Balaban J connectivity index is 1.26. The van der Waals surface area contributed by atoms with Crippen LogP contribution in [-0.2, 0) is 17.8 Å². The monoisotopic (exact) mass is 429 g/mol. The van der Waals surface area contributed by atoms with Gasteiger partial charge < -0.3 is 19.1 Å². The molecule has 6 nitrogen and oxygen atoms in total. The third kappa shape index (κ3) is 3.68. The third-order valence-electron chi connectivity index (χ3n) is 5.89. The standard InChI is InChI=1S/C26H23NO5/c28-24-12-11-21-20(24)6-3-8-25(21)32-14-4-13-31-17-9-10-19-18-5-1-2-7-22(18)27(16-26(29)30)23(19)15-17/h1-3,5-10,15H,4,11-14,16H2,(H,29,30). The van der Waals surface area contributed by atoms with Gasteiger partial charge in [0.25, 0.3) is 0 Å². The summed E-state index contributed by atoms with van der Waals surface area (Å²) in [5, 5.41) is 11.4. The summed E-state index contributed by atoms with van der Waals surface area (Å²) in [6.45, 7) is 0.857. The Morgan fingerprint density at radius 2 is 1.72 bits per heavy atom. The Bertz CT molecular complexity index is 1340. The van der Waals surface area contributed by atoms with Gasteiger partial charge in [-0.15, -0.1) is 0 Å². The number of rotatable bonds is 8. The molecule has 0 fully saturated rings. The first-order chi connectivity index (χ1) is 15.6. The second-order valence-electron chi connectivity index (χ2n) is 7.93. The molecule has 0 bridgehead atoms. The van der Waals surface area contributed by atoms with E-state index in [4.69, 9.17) is 9.47 Å². The average Bonchev–Trinajstić information content (AvgIpc) is 3.32. The summed E-state index contributed by atoms with van der Waals surface area (Å²) in [6.07, 6.45) is 1.98. The van der Waals surface area contributed by atoms with Crippen molar-refractivity contribution in [3.63, 3.8) is 0 Å². The van der Waals surface area contributed by atoms with Crippen molar-refractivity contribution in [2.45, 2.75) is 25.8 Å². The van der Waals surface area contributed by atoms with Gasteiger partial charge in [-0.3, -0.25) is 9.59 Å². The predicted octanol–water partition coefficient (Wildman–Crippen LogP) is 4.86. The van der Waals surface area contributed by atoms with Crippen molar-refractivity contribution in [2.24, 2.45) is 0 Å². The van der Waals surface area contributed by atoms with Gasteiger partial charge in [-0.25, -0.2) is 0 Å². The van der Waals surface area contributed by atoms with Crippen LogP contribution in [0.25, 0.3) is 21.8 Å². The lowest BCUT2D eigenvalue weighted by molar-refractivity contribution is -0.137. The van der Waals surface area contributed by atoms with Gasteiger partial charge in [-0.1, -0.05) is 30.3 Å². The number of para-hydroxylation sites is 1. The van der Waals surface area contributed by atoms with Crippen molar-refractivity contribution in [1.29, 1.82) is 0 Å². The number of carbonyl (C=O) groups excluding carboxylic acids is 1. The number of fused-ring (bicyclic) bond motifs is 4.